The van der Waals surface area contributed by atoms with E-state index in [1.807, 2.05) is 32.5 Å². The minimum absolute atomic E-state index is 0.0522. The molecule has 0 atom stereocenters. The topological polar surface area (TPSA) is 74.7 Å². The molecule has 2 rings (SSSR count). The first kappa shape index (κ1) is 25.1. The molecule has 174 valence electrons. The van der Waals surface area contributed by atoms with Crippen LogP contribution in [0.4, 0.5) is 0 Å². The van der Waals surface area contributed by atoms with Gasteiger partial charge in [0.25, 0.3) is 11.8 Å². The first-order valence-electron chi connectivity index (χ1n) is 11.4. The van der Waals surface area contributed by atoms with Crippen molar-refractivity contribution in [1.82, 2.24) is 19.7 Å². The van der Waals surface area contributed by atoms with Gasteiger partial charge < -0.3 is 19.7 Å². The van der Waals surface area contributed by atoms with Crippen LogP contribution in [-0.2, 0) is 0 Å². The molecule has 1 fully saturated rings. The lowest BCUT2D eigenvalue weighted by atomic mass is 9.93. The van der Waals surface area contributed by atoms with E-state index in [0.717, 1.165) is 32.2 Å². The summed E-state index contributed by atoms with van der Waals surface area (Å²) < 4.78 is 1.92. The van der Waals surface area contributed by atoms with Crippen molar-refractivity contribution in [2.75, 3.05) is 40.8 Å². The molecule has 0 unspecified atom stereocenters. The van der Waals surface area contributed by atoms with Gasteiger partial charge in [-0.1, -0.05) is 40.5 Å². The number of amides is 2. The van der Waals surface area contributed by atoms with Crippen LogP contribution < -0.4 is 10.7 Å². The molecule has 2 amide bonds. The van der Waals surface area contributed by atoms with E-state index in [9.17, 15) is 14.4 Å². The minimum atomic E-state index is -0.488. The van der Waals surface area contributed by atoms with Crippen molar-refractivity contribution in [1.29, 1.82) is 0 Å². The Balaban J connectivity index is 2.36. The van der Waals surface area contributed by atoms with Crippen LogP contribution in [0.15, 0.2) is 17.2 Å². The number of carbonyl (C=O) groups is 2. The SMILES string of the molecule is CC(C)CN(C)C(=O)c1cn(C2CCCC2)cc(C(=O)NCC(C)(C)CN(C)C)c1=O. The van der Waals surface area contributed by atoms with Crippen LogP contribution in [0.2, 0.25) is 0 Å². The molecular weight excluding hydrogens is 392 g/mol. The van der Waals surface area contributed by atoms with Crippen molar-refractivity contribution >= 4 is 11.8 Å². The smallest absolute Gasteiger partial charge is 0.259 e. The highest BCUT2D eigenvalue weighted by Crippen LogP contribution is 2.29. The van der Waals surface area contributed by atoms with E-state index < -0.39 is 11.3 Å². The summed E-state index contributed by atoms with van der Waals surface area (Å²) >= 11 is 0. The molecule has 1 saturated carbocycles. The Labute approximate surface area is 186 Å². The number of pyridine rings is 1. The highest BCUT2D eigenvalue weighted by molar-refractivity contribution is 5.99. The van der Waals surface area contributed by atoms with Gasteiger partial charge in [0.15, 0.2) is 0 Å². The Morgan fingerprint density at radius 1 is 1.13 bits per heavy atom. The maximum atomic E-state index is 13.2. The Bertz CT molecular complexity index is 836. The van der Waals surface area contributed by atoms with Gasteiger partial charge >= 0.3 is 0 Å². The van der Waals surface area contributed by atoms with Gasteiger partial charge in [0.05, 0.1) is 0 Å². The van der Waals surface area contributed by atoms with Gasteiger partial charge in [0, 0.05) is 45.1 Å². The molecule has 1 aromatic rings. The molecular formula is C24H40N4O3. The monoisotopic (exact) mass is 432 g/mol. The zero-order valence-corrected chi connectivity index (χ0v) is 20.3. The summed E-state index contributed by atoms with van der Waals surface area (Å²) in [5.74, 6) is -0.450. The molecule has 0 bridgehead atoms. The van der Waals surface area contributed by atoms with Crippen LogP contribution in [0.25, 0.3) is 0 Å². The highest BCUT2D eigenvalue weighted by atomic mass is 16.2. The molecule has 1 aliphatic rings. The van der Waals surface area contributed by atoms with E-state index >= 15 is 0 Å². The molecule has 0 radical (unpaired) electrons. The number of carbonyl (C=O) groups excluding carboxylic acids is 2. The summed E-state index contributed by atoms with van der Waals surface area (Å²) in [5, 5.41) is 2.93. The van der Waals surface area contributed by atoms with Gasteiger partial charge in [-0.05, 0) is 38.3 Å². The zero-order valence-electron chi connectivity index (χ0n) is 20.3. The summed E-state index contributed by atoms with van der Waals surface area (Å²) in [6, 6.07) is 0.222. The lowest BCUT2D eigenvalue weighted by molar-refractivity contribution is 0.0776. The van der Waals surface area contributed by atoms with Crippen LogP contribution in [0, 0.1) is 11.3 Å². The lowest BCUT2D eigenvalue weighted by Crippen LogP contribution is -2.42. The van der Waals surface area contributed by atoms with Gasteiger partial charge in [0.1, 0.15) is 11.1 Å². The fourth-order valence-corrected chi connectivity index (χ4v) is 4.49. The van der Waals surface area contributed by atoms with Gasteiger partial charge in [-0.2, -0.15) is 0 Å². The van der Waals surface area contributed by atoms with E-state index in [4.69, 9.17) is 0 Å². The van der Waals surface area contributed by atoms with Gasteiger partial charge in [0.2, 0.25) is 5.43 Å². The van der Waals surface area contributed by atoms with Crippen molar-refractivity contribution < 1.29 is 9.59 Å². The Morgan fingerprint density at radius 2 is 1.71 bits per heavy atom. The molecule has 0 aliphatic heterocycles. The fourth-order valence-electron chi connectivity index (χ4n) is 4.49. The minimum Gasteiger partial charge on any atom is -0.351 e. The number of nitrogens with zero attached hydrogens (tertiary/aromatic N) is 3. The van der Waals surface area contributed by atoms with Crippen LogP contribution in [0.3, 0.4) is 0 Å². The normalized spacial score (nSPS) is 15.0. The van der Waals surface area contributed by atoms with E-state index in [1.165, 1.54) is 0 Å². The fraction of sp³-hybridized carbons (Fsp3) is 0.708. The van der Waals surface area contributed by atoms with Crippen molar-refractivity contribution in [2.24, 2.45) is 11.3 Å². The summed E-state index contributed by atoms with van der Waals surface area (Å²) in [7, 11) is 5.69. The standard InChI is InChI=1S/C24H40N4O3/c1-17(2)12-27(7)23(31)20-14-28(18-10-8-9-11-18)13-19(21(20)29)22(30)25-15-24(3,4)16-26(5)6/h13-14,17-18H,8-12,15-16H2,1-7H3,(H,25,30). The molecule has 7 heteroatoms. The molecule has 0 aromatic carbocycles. The second-order valence-electron chi connectivity index (χ2n) is 10.5. The van der Waals surface area contributed by atoms with Crippen molar-refractivity contribution in [3.8, 4) is 0 Å². The molecule has 7 nitrogen and oxygen atoms in total. The molecule has 1 aromatic heterocycles. The van der Waals surface area contributed by atoms with E-state index in [-0.39, 0.29) is 34.4 Å². The quantitative estimate of drug-likeness (QED) is 0.651. The summed E-state index contributed by atoms with van der Waals surface area (Å²) in [4.78, 5) is 42.9. The molecule has 1 aliphatic carbocycles. The first-order chi connectivity index (χ1) is 14.4. The average Bonchev–Trinajstić information content (AvgIpc) is 3.19. The second-order valence-corrected chi connectivity index (χ2v) is 10.5. The Morgan fingerprint density at radius 3 is 2.26 bits per heavy atom. The van der Waals surface area contributed by atoms with Crippen molar-refractivity contribution in [3.63, 3.8) is 0 Å². The van der Waals surface area contributed by atoms with Crippen LogP contribution >= 0.6 is 0 Å². The van der Waals surface area contributed by atoms with E-state index in [1.54, 1.807) is 24.3 Å². The van der Waals surface area contributed by atoms with Gasteiger partial charge in [-0.3, -0.25) is 14.4 Å². The van der Waals surface area contributed by atoms with E-state index in [0.29, 0.717) is 13.1 Å². The van der Waals surface area contributed by atoms with Gasteiger partial charge in [-0.25, -0.2) is 0 Å². The van der Waals surface area contributed by atoms with Crippen LogP contribution in [0.5, 0.6) is 0 Å². The average molecular weight is 433 g/mol. The molecule has 0 spiro atoms. The zero-order chi connectivity index (χ0) is 23.3. The summed E-state index contributed by atoms with van der Waals surface area (Å²) in [6.07, 6.45) is 7.53. The third-order valence-electron chi connectivity index (χ3n) is 5.72. The summed E-state index contributed by atoms with van der Waals surface area (Å²) in [5.41, 5.74) is -0.501. The number of hydrogen-bond acceptors (Lipinski definition) is 4. The van der Waals surface area contributed by atoms with Crippen molar-refractivity contribution in [3.05, 3.63) is 33.7 Å². The number of rotatable bonds is 9. The molecule has 1 N–H and O–H groups in total. The maximum Gasteiger partial charge on any atom is 0.259 e. The third-order valence-corrected chi connectivity index (χ3v) is 5.72. The summed E-state index contributed by atoms with van der Waals surface area (Å²) in [6.45, 7) is 10.0. The predicted octanol–water partition coefficient (Wildman–Crippen LogP) is 3.01. The Kier molecular flexibility index (Phi) is 8.46. The Hall–Kier alpha value is -2.15. The lowest BCUT2D eigenvalue weighted by Gasteiger charge is -2.28. The van der Waals surface area contributed by atoms with Crippen molar-refractivity contribution in [2.45, 2.75) is 59.4 Å². The second kappa shape index (κ2) is 10.4. The predicted molar refractivity (Wildman–Crippen MR) is 125 cm³/mol. The largest absolute Gasteiger partial charge is 0.351 e. The molecule has 0 saturated heterocycles. The first-order valence-corrected chi connectivity index (χ1v) is 11.4. The molecule has 31 heavy (non-hydrogen) atoms. The highest BCUT2D eigenvalue weighted by Gasteiger charge is 2.26. The number of aromatic nitrogens is 1. The third kappa shape index (κ3) is 6.92. The maximum absolute atomic E-state index is 13.2. The van der Waals surface area contributed by atoms with Crippen LogP contribution in [0.1, 0.15) is 80.1 Å². The number of nitrogens with one attached hydrogen (secondary N) is 1. The van der Waals surface area contributed by atoms with Gasteiger partial charge in [-0.15, -0.1) is 0 Å². The number of hydrogen-bond donors (Lipinski definition) is 1. The van der Waals surface area contributed by atoms with E-state index in [2.05, 4.69) is 24.1 Å². The van der Waals surface area contributed by atoms with Crippen LogP contribution in [-0.4, -0.2) is 67.0 Å². The molecule has 1 heterocycles.